The molecule has 0 aromatic heterocycles. The van der Waals surface area contributed by atoms with Crippen molar-refractivity contribution in [1.82, 2.24) is 0 Å². The number of carboxylic acid groups (broad SMARTS) is 1. The van der Waals surface area contributed by atoms with Crippen LogP contribution in [0.25, 0.3) is 0 Å². The first-order valence-corrected chi connectivity index (χ1v) is 13.6. The summed E-state index contributed by atoms with van der Waals surface area (Å²) in [6.07, 6.45) is 12.3. The second-order valence-corrected chi connectivity index (χ2v) is 13.5. The quantitative estimate of drug-likeness (QED) is 0.420. The Morgan fingerprint density at radius 1 is 1.00 bits per heavy atom. The number of allylic oxidation sites excluding steroid dienone is 4. The highest BCUT2D eigenvalue weighted by Crippen LogP contribution is 2.72. The van der Waals surface area contributed by atoms with Crippen molar-refractivity contribution >= 4 is 5.97 Å². The molecule has 0 amide bonds. The molecule has 0 spiro atoms. The van der Waals surface area contributed by atoms with E-state index in [1.807, 2.05) is 0 Å². The fraction of sp³-hybridized carbons (Fsp3) is 0.833. The van der Waals surface area contributed by atoms with Crippen molar-refractivity contribution in [2.24, 2.45) is 39.4 Å². The third kappa shape index (κ3) is 3.58. The lowest BCUT2D eigenvalue weighted by Crippen LogP contribution is -2.55. The number of aliphatic hydroxyl groups excluding tert-OH is 1. The maximum atomic E-state index is 12.5. The van der Waals surface area contributed by atoms with E-state index in [1.54, 1.807) is 11.1 Å². The molecule has 1 unspecified atom stereocenters. The summed E-state index contributed by atoms with van der Waals surface area (Å²) in [6.45, 7) is 16.2. The topological polar surface area (TPSA) is 57.5 Å². The molecule has 2 saturated carbocycles. The summed E-state index contributed by atoms with van der Waals surface area (Å²) in [5.41, 5.74) is 5.00. The van der Waals surface area contributed by atoms with Crippen LogP contribution >= 0.6 is 0 Å². The maximum Gasteiger partial charge on any atom is 0.306 e. The SMILES string of the molecule is CC(C)=CCC[C@@H](C(=O)O)[C@H]1CC[C@@]2(C)C3=C(CC[C@]12C)[C@@]1(C)CC[C@H](O)C(C)(C)C1CC3. The van der Waals surface area contributed by atoms with Crippen LogP contribution in [-0.4, -0.2) is 22.3 Å². The number of hydrogen-bond donors (Lipinski definition) is 2. The number of aliphatic carboxylic acids is 1. The van der Waals surface area contributed by atoms with Gasteiger partial charge in [0.15, 0.2) is 0 Å². The van der Waals surface area contributed by atoms with Crippen LogP contribution in [0.4, 0.5) is 0 Å². The highest BCUT2D eigenvalue weighted by molar-refractivity contribution is 5.70. The molecule has 33 heavy (non-hydrogen) atoms. The Bertz CT molecular complexity index is 862. The number of rotatable bonds is 5. The van der Waals surface area contributed by atoms with E-state index in [-0.39, 0.29) is 39.6 Å². The molecule has 0 radical (unpaired) electrons. The Morgan fingerprint density at radius 3 is 2.33 bits per heavy atom. The Kier molecular flexibility index (Phi) is 6.25. The average Bonchev–Trinajstić information content (AvgIpc) is 3.00. The molecule has 2 N–H and O–H groups in total. The third-order valence-corrected chi connectivity index (χ3v) is 11.6. The molecule has 0 aromatic rings. The molecule has 4 aliphatic rings. The summed E-state index contributed by atoms with van der Waals surface area (Å²) in [4.78, 5) is 12.5. The largest absolute Gasteiger partial charge is 0.481 e. The first-order chi connectivity index (χ1) is 15.3. The Morgan fingerprint density at radius 2 is 1.70 bits per heavy atom. The number of carbonyl (C=O) groups is 1. The van der Waals surface area contributed by atoms with Gasteiger partial charge in [0.1, 0.15) is 0 Å². The maximum absolute atomic E-state index is 12.5. The highest BCUT2D eigenvalue weighted by Gasteiger charge is 2.64. The van der Waals surface area contributed by atoms with Gasteiger partial charge >= 0.3 is 5.97 Å². The second kappa shape index (κ2) is 8.25. The van der Waals surface area contributed by atoms with E-state index in [9.17, 15) is 15.0 Å². The number of carboxylic acids is 1. The van der Waals surface area contributed by atoms with Gasteiger partial charge in [-0.1, -0.05) is 57.4 Å². The van der Waals surface area contributed by atoms with Gasteiger partial charge in [0.25, 0.3) is 0 Å². The van der Waals surface area contributed by atoms with Gasteiger partial charge in [0.2, 0.25) is 0 Å². The molecule has 7 atom stereocenters. The van der Waals surface area contributed by atoms with Crippen LogP contribution in [0, 0.1) is 39.4 Å². The van der Waals surface area contributed by atoms with E-state index in [4.69, 9.17) is 0 Å². The van der Waals surface area contributed by atoms with Gasteiger partial charge in [-0.05, 0) is 112 Å². The molecule has 186 valence electrons. The summed E-state index contributed by atoms with van der Waals surface area (Å²) in [5, 5.41) is 21.0. The standard InChI is InChI=1S/C30H48O3/c1-19(2)9-8-10-20(26(32)33)21-13-17-30(7)23-11-12-24-27(3,4)25(31)15-16-28(24,5)22(23)14-18-29(21,30)6/h9,20-21,24-25,31H,8,10-18H2,1-7H3,(H,32,33)/t20-,21-,24?,25+,28-,29-,30+/m1/s1. The average molecular weight is 457 g/mol. The molecule has 3 heteroatoms. The summed E-state index contributed by atoms with van der Waals surface area (Å²) in [5.74, 6) is -0.0420. The van der Waals surface area contributed by atoms with E-state index < -0.39 is 5.97 Å². The van der Waals surface area contributed by atoms with E-state index >= 15 is 0 Å². The molecule has 0 saturated heterocycles. The van der Waals surface area contributed by atoms with Crippen molar-refractivity contribution in [3.8, 4) is 0 Å². The number of fused-ring (bicyclic) bond motifs is 4. The van der Waals surface area contributed by atoms with Gasteiger partial charge in [0, 0.05) is 0 Å². The summed E-state index contributed by atoms with van der Waals surface area (Å²) in [6, 6.07) is 0. The Hall–Kier alpha value is -1.09. The molecule has 0 aromatic carbocycles. The van der Waals surface area contributed by atoms with Crippen molar-refractivity contribution in [2.45, 2.75) is 119 Å². The van der Waals surface area contributed by atoms with Crippen LogP contribution in [0.2, 0.25) is 0 Å². The fourth-order valence-electron chi connectivity index (χ4n) is 9.41. The van der Waals surface area contributed by atoms with Crippen molar-refractivity contribution < 1.29 is 15.0 Å². The number of aliphatic hydroxyl groups is 1. The first kappa shape index (κ1) is 25.0. The highest BCUT2D eigenvalue weighted by atomic mass is 16.4. The van der Waals surface area contributed by atoms with Crippen LogP contribution in [0.5, 0.6) is 0 Å². The first-order valence-electron chi connectivity index (χ1n) is 13.6. The zero-order valence-corrected chi connectivity index (χ0v) is 22.3. The predicted molar refractivity (Wildman–Crippen MR) is 135 cm³/mol. The third-order valence-electron chi connectivity index (χ3n) is 11.6. The van der Waals surface area contributed by atoms with Gasteiger partial charge in [-0.3, -0.25) is 4.79 Å². The Balaban J connectivity index is 1.69. The summed E-state index contributed by atoms with van der Waals surface area (Å²) in [7, 11) is 0. The van der Waals surface area contributed by atoms with Crippen molar-refractivity contribution in [1.29, 1.82) is 0 Å². The van der Waals surface area contributed by atoms with E-state index in [1.165, 1.54) is 12.0 Å². The zero-order valence-electron chi connectivity index (χ0n) is 22.3. The van der Waals surface area contributed by atoms with Crippen molar-refractivity contribution in [3.05, 3.63) is 22.8 Å². The van der Waals surface area contributed by atoms with E-state index in [0.29, 0.717) is 5.92 Å². The molecule has 4 aliphatic carbocycles. The summed E-state index contributed by atoms with van der Waals surface area (Å²) < 4.78 is 0. The van der Waals surface area contributed by atoms with Crippen LogP contribution in [0.15, 0.2) is 22.8 Å². The fourth-order valence-corrected chi connectivity index (χ4v) is 9.41. The van der Waals surface area contributed by atoms with Crippen molar-refractivity contribution in [3.63, 3.8) is 0 Å². The predicted octanol–water partition coefficient (Wildman–Crippen LogP) is 7.54. The molecule has 2 fully saturated rings. The molecule has 0 aliphatic heterocycles. The van der Waals surface area contributed by atoms with Gasteiger partial charge in [-0.2, -0.15) is 0 Å². The molecular formula is C30H48O3. The minimum atomic E-state index is -0.592. The minimum absolute atomic E-state index is 0.0370. The van der Waals surface area contributed by atoms with Crippen LogP contribution in [0.3, 0.4) is 0 Å². The van der Waals surface area contributed by atoms with Crippen molar-refractivity contribution in [2.75, 3.05) is 0 Å². The zero-order chi connectivity index (χ0) is 24.4. The van der Waals surface area contributed by atoms with Crippen LogP contribution in [0.1, 0.15) is 113 Å². The van der Waals surface area contributed by atoms with E-state index in [2.05, 4.69) is 54.5 Å². The molecule has 0 heterocycles. The number of hydrogen-bond acceptors (Lipinski definition) is 2. The lowest BCUT2D eigenvalue weighted by molar-refractivity contribution is -0.146. The van der Waals surface area contributed by atoms with E-state index in [0.717, 1.165) is 57.8 Å². The van der Waals surface area contributed by atoms with Crippen LogP contribution < -0.4 is 0 Å². The molecule has 4 rings (SSSR count). The molecule has 3 nitrogen and oxygen atoms in total. The smallest absolute Gasteiger partial charge is 0.306 e. The van der Waals surface area contributed by atoms with Crippen LogP contribution in [-0.2, 0) is 4.79 Å². The molecule has 0 bridgehead atoms. The lowest BCUT2D eigenvalue weighted by Gasteiger charge is -2.62. The van der Waals surface area contributed by atoms with Gasteiger partial charge < -0.3 is 10.2 Å². The Labute approximate surface area is 202 Å². The normalized spacial score (nSPS) is 42.7. The van der Waals surface area contributed by atoms with Gasteiger partial charge in [0.05, 0.1) is 12.0 Å². The molecular weight excluding hydrogens is 408 g/mol. The monoisotopic (exact) mass is 456 g/mol. The van der Waals surface area contributed by atoms with Gasteiger partial charge in [-0.25, -0.2) is 0 Å². The minimum Gasteiger partial charge on any atom is -0.481 e. The summed E-state index contributed by atoms with van der Waals surface area (Å²) >= 11 is 0. The second-order valence-electron chi connectivity index (χ2n) is 13.5. The lowest BCUT2D eigenvalue weighted by atomic mass is 9.43. The van der Waals surface area contributed by atoms with Gasteiger partial charge in [-0.15, -0.1) is 0 Å².